The molecule has 0 radical (unpaired) electrons. The summed E-state index contributed by atoms with van der Waals surface area (Å²) in [5.74, 6) is 0.814. The van der Waals surface area contributed by atoms with Gasteiger partial charge in [-0.05, 0) is 35.2 Å². The summed E-state index contributed by atoms with van der Waals surface area (Å²) in [6.45, 7) is 0. The van der Waals surface area contributed by atoms with E-state index in [1.54, 1.807) is 23.5 Å². The van der Waals surface area contributed by atoms with Crippen LogP contribution in [0.2, 0.25) is 5.22 Å². The third kappa shape index (κ3) is 1.73. The molecule has 0 saturated heterocycles. The molecule has 0 amide bonds. The molecule has 0 aliphatic heterocycles. The predicted octanol–water partition coefficient (Wildman–Crippen LogP) is 3.90. The Bertz CT molecular complexity index is 642. The number of anilines is 1. The second-order valence-corrected chi connectivity index (χ2v) is 4.67. The second-order valence-electron chi connectivity index (χ2n) is 3.35. The minimum absolute atomic E-state index is 0.273. The lowest BCUT2D eigenvalue weighted by molar-refractivity contribution is 0.436. The number of hydrogen-bond acceptors (Lipinski definition) is 5. The highest BCUT2D eigenvalue weighted by atomic mass is 35.5. The van der Waals surface area contributed by atoms with Gasteiger partial charge >= 0.3 is 0 Å². The molecule has 0 unspecified atom stereocenters. The Labute approximate surface area is 106 Å². The summed E-state index contributed by atoms with van der Waals surface area (Å²) in [7, 11) is 0. The van der Waals surface area contributed by atoms with Crippen LogP contribution in [0.15, 0.2) is 38.6 Å². The molecule has 0 bridgehead atoms. The first kappa shape index (κ1) is 10.4. The zero-order valence-corrected chi connectivity index (χ0v) is 10.1. The number of nitrogen functional groups attached to an aromatic ring is 1. The molecule has 3 aromatic heterocycles. The molecule has 0 fully saturated rings. The van der Waals surface area contributed by atoms with Crippen molar-refractivity contribution < 1.29 is 8.94 Å². The topological polar surface area (TPSA) is 65.2 Å². The number of thiophene rings is 1. The molecule has 2 N–H and O–H groups in total. The number of nitrogens with two attached hydrogens (primary N) is 1. The fourth-order valence-electron chi connectivity index (χ4n) is 1.57. The molecule has 3 aromatic rings. The molecule has 17 heavy (non-hydrogen) atoms. The fraction of sp³-hybridized carbons (Fsp3) is 0. The lowest BCUT2D eigenvalue weighted by Gasteiger charge is -1.95. The van der Waals surface area contributed by atoms with Gasteiger partial charge in [0.05, 0.1) is 5.56 Å². The molecule has 6 heteroatoms. The van der Waals surface area contributed by atoms with E-state index in [9.17, 15) is 0 Å². The van der Waals surface area contributed by atoms with Crippen molar-refractivity contribution in [2.24, 2.45) is 0 Å². The third-order valence-corrected chi connectivity index (χ3v) is 3.38. The van der Waals surface area contributed by atoms with E-state index < -0.39 is 0 Å². The molecular weight excluding hydrogens is 260 g/mol. The van der Waals surface area contributed by atoms with E-state index in [1.807, 2.05) is 17.5 Å². The van der Waals surface area contributed by atoms with E-state index in [1.165, 1.54) is 0 Å². The first-order valence-electron chi connectivity index (χ1n) is 4.80. The van der Waals surface area contributed by atoms with E-state index in [4.69, 9.17) is 26.3 Å². The highest BCUT2D eigenvalue weighted by Crippen LogP contribution is 2.39. The Morgan fingerprint density at radius 3 is 2.82 bits per heavy atom. The number of aromatic nitrogens is 1. The molecule has 0 aliphatic rings. The van der Waals surface area contributed by atoms with Crippen LogP contribution in [0.3, 0.4) is 0 Å². The SMILES string of the molecule is Nc1onc(-c2ccc(Cl)o2)c1-c1cccs1. The number of furan rings is 1. The second kappa shape index (κ2) is 3.94. The molecule has 4 nitrogen and oxygen atoms in total. The van der Waals surface area contributed by atoms with Crippen molar-refractivity contribution in [1.82, 2.24) is 5.16 Å². The van der Waals surface area contributed by atoms with Gasteiger partial charge in [-0.15, -0.1) is 11.3 Å². The van der Waals surface area contributed by atoms with Crippen LogP contribution in [0.4, 0.5) is 5.88 Å². The summed E-state index contributed by atoms with van der Waals surface area (Å²) in [6, 6.07) is 7.27. The van der Waals surface area contributed by atoms with E-state index in [2.05, 4.69) is 5.16 Å². The molecule has 3 rings (SSSR count). The molecule has 0 spiro atoms. The van der Waals surface area contributed by atoms with Gasteiger partial charge in [-0.25, -0.2) is 0 Å². The zero-order chi connectivity index (χ0) is 11.8. The first-order chi connectivity index (χ1) is 8.25. The van der Waals surface area contributed by atoms with Crippen LogP contribution >= 0.6 is 22.9 Å². The van der Waals surface area contributed by atoms with Crippen LogP contribution in [0.25, 0.3) is 21.9 Å². The quantitative estimate of drug-likeness (QED) is 0.764. The minimum Gasteiger partial charge on any atom is -0.443 e. The summed E-state index contributed by atoms with van der Waals surface area (Å²) in [5, 5.41) is 6.17. The van der Waals surface area contributed by atoms with Crippen LogP contribution in [0, 0.1) is 0 Å². The first-order valence-corrected chi connectivity index (χ1v) is 6.06. The van der Waals surface area contributed by atoms with Crippen molar-refractivity contribution in [1.29, 1.82) is 0 Å². The standard InChI is InChI=1S/C11H7ClN2O2S/c12-8-4-3-6(15-8)10-9(11(13)16-14-10)7-2-1-5-17-7/h1-5H,13H2. The van der Waals surface area contributed by atoms with E-state index in [-0.39, 0.29) is 5.88 Å². The average Bonchev–Trinajstić information content (AvgIpc) is 2.97. The van der Waals surface area contributed by atoms with Gasteiger partial charge in [-0.2, -0.15) is 0 Å². The van der Waals surface area contributed by atoms with Crippen molar-refractivity contribution in [3.05, 3.63) is 34.9 Å². The van der Waals surface area contributed by atoms with E-state index in [0.717, 1.165) is 10.4 Å². The number of nitrogens with zero attached hydrogens (tertiary/aromatic N) is 1. The lowest BCUT2D eigenvalue weighted by Crippen LogP contribution is -1.84. The van der Waals surface area contributed by atoms with Crippen molar-refractivity contribution in [3.63, 3.8) is 0 Å². The zero-order valence-electron chi connectivity index (χ0n) is 8.51. The fourth-order valence-corrected chi connectivity index (χ4v) is 2.49. The van der Waals surface area contributed by atoms with Crippen LogP contribution < -0.4 is 5.73 Å². The highest BCUT2D eigenvalue weighted by Gasteiger charge is 2.20. The van der Waals surface area contributed by atoms with E-state index in [0.29, 0.717) is 16.7 Å². The van der Waals surface area contributed by atoms with Crippen molar-refractivity contribution in [2.45, 2.75) is 0 Å². The van der Waals surface area contributed by atoms with E-state index >= 15 is 0 Å². The Kier molecular flexibility index (Phi) is 2.42. The van der Waals surface area contributed by atoms with Crippen molar-refractivity contribution in [2.75, 3.05) is 5.73 Å². The van der Waals surface area contributed by atoms with Gasteiger partial charge in [-0.1, -0.05) is 11.2 Å². The molecule has 0 atom stereocenters. The normalized spacial score (nSPS) is 10.9. The van der Waals surface area contributed by atoms with Gasteiger partial charge < -0.3 is 14.7 Å². The minimum atomic E-state index is 0.273. The van der Waals surface area contributed by atoms with Gasteiger partial charge in [0, 0.05) is 4.88 Å². The molecule has 0 aromatic carbocycles. The largest absolute Gasteiger partial charge is 0.443 e. The molecule has 0 saturated carbocycles. The number of hydrogen-bond donors (Lipinski definition) is 1. The van der Waals surface area contributed by atoms with Crippen molar-refractivity contribution >= 4 is 28.8 Å². The van der Waals surface area contributed by atoms with Gasteiger partial charge in [0.2, 0.25) is 5.88 Å². The maximum absolute atomic E-state index is 5.78. The van der Waals surface area contributed by atoms with Gasteiger partial charge in [-0.3, -0.25) is 0 Å². The molecule has 0 aliphatic carbocycles. The van der Waals surface area contributed by atoms with Gasteiger partial charge in [0.15, 0.2) is 16.7 Å². The Balaban J connectivity index is 2.19. The molecule has 86 valence electrons. The van der Waals surface area contributed by atoms with Crippen LogP contribution in [-0.4, -0.2) is 5.16 Å². The van der Waals surface area contributed by atoms with Crippen molar-refractivity contribution in [3.8, 4) is 21.9 Å². The summed E-state index contributed by atoms with van der Waals surface area (Å²) < 4.78 is 10.3. The smallest absolute Gasteiger partial charge is 0.231 e. The van der Waals surface area contributed by atoms with Gasteiger partial charge in [0.25, 0.3) is 0 Å². The number of halogens is 1. The van der Waals surface area contributed by atoms with Gasteiger partial charge in [0.1, 0.15) is 0 Å². The summed E-state index contributed by atoms with van der Waals surface area (Å²) in [5.41, 5.74) is 7.09. The average molecular weight is 267 g/mol. The maximum Gasteiger partial charge on any atom is 0.231 e. The lowest BCUT2D eigenvalue weighted by atomic mass is 10.1. The number of rotatable bonds is 2. The van der Waals surface area contributed by atoms with Crippen LogP contribution in [0.5, 0.6) is 0 Å². The Morgan fingerprint density at radius 1 is 1.29 bits per heavy atom. The third-order valence-electron chi connectivity index (χ3n) is 2.29. The molecule has 3 heterocycles. The monoisotopic (exact) mass is 266 g/mol. The van der Waals surface area contributed by atoms with Crippen LogP contribution in [-0.2, 0) is 0 Å². The Hall–Kier alpha value is -1.72. The summed E-state index contributed by atoms with van der Waals surface area (Å²) in [6.07, 6.45) is 0. The summed E-state index contributed by atoms with van der Waals surface area (Å²) in [4.78, 5) is 0.978. The maximum atomic E-state index is 5.78. The highest BCUT2D eigenvalue weighted by molar-refractivity contribution is 7.13. The Morgan fingerprint density at radius 2 is 2.18 bits per heavy atom. The molecular formula is C11H7ClN2O2S. The summed E-state index contributed by atoms with van der Waals surface area (Å²) >= 11 is 7.30. The predicted molar refractivity (Wildman–Crippen MR) is 66.9 cm³/mol. The van der Waals surface area contributed by atoms with Crippen LogP contribution in [0.1, 0.15) is 0 Å².